The Labute approximate surface area is 275 Å². The smallest absolute Gasteiger partial charge is 0.411 e. The van der Waals surface area contributed by atoms with Crippen LogP contribution in [0.3, 0.4) is 0 Å². The minimum absolute atomic E-state index is 0.0645. The molecule has 12 nitrogen and oxygen atoms in total. The second-order valence-corrected chi connectivity index (χ2v) is 15.0. The highest BCUT2D eigenvalue weighted by atomic mass is 32.2. The van der Waals surface area contributed by atoms with E-state index in [1.807, 2.05) is 87.3 Å². The Morgan fingerprint density at radius 3 is 2.02 bits per heavy atom. The minimum atomic E-state index is -0.567. The van der Waals surface area contributed by atoms with Gasteiger partial charge in [0.05, 0.1) is 31.1 Å². The molecule has 0 bridgehead atoms. The van der Waals surface area contributed by atoms with E-state index in [0.29, 0.717) is 24.5 Å². The molecule has 2 N–H and O–H groups in total. The Morgan fingerprint density at radius 1 is 0.933 bits per heavy atom. The Kier molecular flexibility index (Phi) is 12.9. The van der Waals surface area contributed by atoms with E-state index >= 15 is 0 Å². The van der Waals surface area contributed by atoms with Gasteiger partial charge in [-0.2, -0.15) is 28.6 Å². The highest BCUT2D eigenvalue weighted by Gasteiger charge is 2.38. The molecule has 2 aromatic rings. The molecule has 3 amide bonds. The number of likely N-dealkylation sites (N-methyl/N-ethyl adjacent to an activating group) is 1. The summed E-state index contributed by atoms with van der Waals surface area (Å²) in [4.78, 5) is 45.3. The van der Waals surface area contributed by atoms with Crippen LogP contribution in [-0.4, -0.2) is 116 Å². The molecule has 250 valence electrons. The van der Waals surface area contributed by atoms with Gasteiger partial charge in [0.1, 0.15) is 17.2 Å². The van der Waals surface area contributed by atoms with Crippen LogP contribution >= 0.6 is 23.5 Å². The molecule has 2 fully saturated rings. The van der Waals surface area contributed by atoms with Crippen LogP contribution in [0.5, 0.6) is 0 Å². The molecule has 3 heterocycles. The molecule has 0 aliphatic carbocycles. The molecule has 0 saturated carbocycles. The number of benzene rings is 1. The van der Waals surface area contributed by atoms with E-state index < -0.39 is 23.3 Å². The summed E-state index contributed by atoms with van der Waals surface area (Å²) in [5, 5.41) is 5.59. The van der Waals surface area contributed by atoms with Crippen molar-refractivity contribution < 1.29 is 28.7 Å². The van der Waals surface area contributed by atoms with Crippen molar-refractivity contribution in [2.24, 2.45) is 0 Å². The third-order valence-corrected chi connectivity index (χ3v) is 8.90. The van der Waals surface area contributed by atoms with Crippen molar-refractivity contribution >= 4 is 47.3 Å². The Balaban J connectivity index is 0.000000259. The minimum Gasteiger partial charge on any atom is -0.444 e. The van der Waals surface area contributed by atoms with Crippen LogP contribution in [0.4, 0.5) is 15.3 Å². The van der Waals surface area contributed by atoms with Crippen LogP contribution in [0.15, 0.2) is 42.7 Å². The van der Waals surface area contributed by atoms with Crippen molar-refractivity contribution in [1.82, 2.24) is 24.6 Å². The fraction of sp³-hybridized carbons (Fsp3) is 0.613. The van der Waals surface area contributed by atoms with Crippen molar-refractivity contribution in [2.75, 3.05) is 56.0 Å². The van der Waals surface area contributed by atoms with E-state index in [9.17, 15) is 14.4 Å². The molecular formula is C31H48N6O6S2. The number of nitrogens with two attached hydrogens (primary N) is 1. The van der Waals surface area contributed by atoms with Gasteiger partial charge < -0.3 is 20.1 Å². The number of amides is 3. The van der Waals surface area contributed by atoms with E-state index in [1.165, 1.54) is 19.1 Å². The average molecular weight is 665 g/mol. The summed E-state index contributed by atoms with van der Waals surface area (Å²) in [5.74, 6) is 2.85. The second kappa shape index (κ2) is 15.9. The summed E-state index contributed by atoms with van der Waals surface area (Å²) in [6, 6.07) is 9.41. The van der Waals surface area contributed by atoms with Gasteiger partial charge in [0, 0.05) is 49.3 Å². The zero-order valence-electron chi connectivity index (χ0n) is 27.6. The van der Waals surface area contributed by atoms with E-state index in [-0.39, 0.29) is 24.1 Å². The third kappa shape index (κ3) is 10.7. The summed E-state index contributed by atoms with van der Waals surface area (Å²) in [7, 11) is 2.96. The number of hydroxylamine groups is 2. The normalized spacial score (nSPS) is 19.6. The predicted octanol–water partition coefficient (Wildman–Crippen LogP) is 4.77. The van der Waals surface area contributed by atoms with Gasteiger partial charge in [-0.15, -0.1) is 0 Å². The van der Waals surface area contributed by atoms with Crippen molar-refractivity contribution in [2.45, 2.75) is 70.9 Å². The van der Waals surface area contributed by atoms with Gasteiger partial charge in [-0.1, -0.05) is 30.3 Å². The van der Waals surface area contributed by atoms with Gasteiger partial charge in [-0.3, -0.25) is 19.2 Å². The summed E-state index contributed by atoms with van der Waals surface area (Å²) in [6.45, 7) is 12.3. The lowest BCUT2D eigenvalue weighted by Crippen LogP contribution is -2.55. The standard InChI is InChI=1S/C19H26N4O2S.C12H22N2O4S/c1-19(2,3)25-18(24)22-9-10-26-13-16(22)17(14-7-5-4-6-8-14)23-12-15(20)11-21-23;1-12(2,3)18-11(16)14-6-7-19-8-9(14)10(15)13(4)17-5/h4-8,11-12,16-17H,9-10,13,20H2,1-3H3;9H,6-8H2,1-5H3. The summed E-state index contributed by atoms with van der Waals surface area (Å²) in [5.41, 5.74) is 6.52. The lowest BCUT2D eigenvalue weighted by molar-refractivity contribution is -0.173. The van der Waals surface area contributed by atoms with E-state index in [0.717, 1.165) is 27.9 Å². The molecule has 45 heavy (non-hydrogen) atoms. The molecule has 4 rings (SSSR count). The van der Waals surface area contributed by atoms with Crippen molar-refractivity contribution in [3.63, 3.8) is 0 Å². The zero-order chi connectivity index (χ0) is 33.4. The highest BCUT2D eigenvalue weighted by Crippen LogP contribution is 2.32. The molecule has 0 radical (unpaired) electrons. The second-order valence-electron chi connectivity index (χ2n) is 12.7. The molecule has 2 aliphatic heterocycles. The fourth-order valence-electron chi connectivity index (χ4n) is 4.79. The number of thioether (sulfide) groups is 2. The first-order valence-corrected chi connectivity index (χ1v) is 17.2. The van der Waals surface area contributed by atoms with Crippen molar-refractivity contribution in [3.8, 4) is 0 Å². The molecule has 3 unspecified atom stereocenters. The number of ether oxygens (including phenoxy) is 2. The van der Waals surface area contributed by atoms with Crippen LogP contribution in [0.25, 0.3) is 0 Å². The number of rotatable bonds is 5. The molecule has 0 spiro atoms. The van der Waals surface area contributed by atoms with Crippen molar-refractivity contribution in [3.05, 3.63) is 48.3 Å². The maximum absolute atomic E-state index is 12.8. The largest absolute Gasteiger partial charge is 0.444 e. The number of carbonyl (C=O) groups excluding carboxylic acids is 3. The van der Waals surface area contributed by atoms with Crippen LogP contribution in [0.2, 0.25) is 0 Å². The summed E-state index contributed by atoms with van der Waals surface area (Å²) < 4.78 is 12.9. The Hall–Kier alpha value is -3.10. The molecule has 1 aromatic heterocycles. The maximum Gasteiger partial charge on any atom is 0.411 e. The fourth-order valence-corrected chi connectivity index (χ4v) is 6.92. The quantitative estimate of drug-likeness (QED) is 0.446. The van der Waals surface area contributed by atoms with Gasteiger partial charge in [0.15, 0.2) is 0 Å². The average Bonchev–Trinajstić information content (AvgIpc) is 3.41. The van der Waals surface area contributed by atoms with Crippen LogP contribution in [0.1, 0.15) is 53.1 Å². The number of carbonyl (C=O) groups is 3. The number of aromatic nitrogens is 2. The molecule has 2 aliphatic rings. The van der Waals surface area contributed by atoms with Gasteiger partial charge >= 0.3 is 12.2 Å². The Bertz CT molecular complexity index is 1270. The van der Waals surface area contributed by atoms with E-state index in [1.54, 1.807) is 18.0 Å². The summed E-state index contributed by atoms with van der Waals surface area (Å²) in [6.07, 6.45) is 2.74. The maximum atomic E-state index is 12.8. The lowest BCUT2D eigenvalue weighted by Gasteiger charge is -2.40. The molecular weight excluding hydrogens is 617 g/mol. The van der Waals surface area contributed by atoms with Gasteiger partial charge in [0.25, 0.3) is 5.91 Å². The van der Waals surface area contributed by atoms with Gasteiger partial charge in [0.2, 0.25) is 0 Å². The van der Waals surface area contributed by atoms with Crippen LogP contribution in [-0.2, 0) is 19.1 Å². The Morgan fingerprint density at radius 2 is 1.49 bits per heavy atom. The SMILES string of the molecule is CC(C)(C)OC(=O)N1CCSCC1C(c1ccccc1)n1cc(N)cn1.CON(C)C(=O)C1CSCCN1C(=O)OC(C)(C)C. The number of nitrogens with zero attached hydrogens (tertiary/aromatic N) is 5. The number of hydrogen-bond acceptors (Lipinski definition) is 10. The number of nitrogen functional groups attached to an aromatic ring is 1. The zero-order valence-corrected chi connectivity index (χ0v) is 29.2. The van der Waals surface area contributed by atoms with E-state index in [2.05, 4.69) is 17.2 Å². The van der Waals surface area contributed by atoms with Crippen LogP contribution < -0.4 is 5.73 Å². The monoisotopic (exact) mass is 664 g/mol. The number of anilines is 1. The first kappa shape index (κ1) is 36.4. The predicted molar refractivity (Wildman–Crippen MR) is 179 cm³/mol. The summed E-state index contributed by atoms with van der Waals surface area (Å²) >= 11 is 3.49. The first-order chi connectivity index (χ1) is 21.1. The van der Waals surface area contributed by atoms with Crippen molar-refractivity contribution in [1.29, 1.82) is 0 Å². The highest BCUT2D eigenvalue weighted by molar-refractivity contribution is 7.99. The first-order valence-electron chi connectivity index (χ1n) is 14.9. The van der Waals surface area contributed by atoms with E-state index in [4.69, 9.17) is 20.0 Å². The molecule has 1 aromatic carbocycles. The topological polar surface area (TPSA) is 132 Å². The van der Waals surface area contributed by atoms with Crippen LogP contribution in [0, 0.1) is 0 Å². The third-order valence-electron chi connectivity index (χ3n) is 6.83. The van der Waals surface area contributed by atoms with Gasteiger partial charge in [-0.25, -0.2) is 14.7 Å². The molecule has 2 saturated heterocycles. The lowest BCUT2D eigenvalue weighted by atomic mass is 9.99. The number of hydrogen-bond donors (Lipinski definition) is 1. The van der Waals surface area contributed by atoms with Gasteiger partial charge in [-0.05, 0) is 47.1 Å². The molecule has 14 heteroatoms. The molecule has 3 atom stereocenters.